The SMILES string of the molecule is C[C@@H]1C[C@@H]([C@H](O)CC2CC(=O)N(CC(N)=O)C(=O)C2)C(=O)[C@@H](C)C1. The number of aliphatic hydroxyl groups is 1. The Morgan fingerprint density at radius 1 is 1.21 bits per heavy atom. The smallest absolute Gasteiger partial charge is 0.237 e. The lowest BCUT2D eigenvalue weighted by molar-refractivity contribution is -0.152. The zero-order valence-electron chi connectivity index (χ0n) is 14.2. The average molecular weight is 338 g/mol. The molecule has 3 N–H and O–H groups in total. The van der Waals surface area contributed by atoms with Gasteiger partial charge < -0.3 is 10.8 Å². The van der Waals surface area contributed by atoms with Crippen LogP contribution in [0.4, 0.5) is 0 Å². The van der Waals surface area contributed by atoms with Crippen molar-refractivity contribution in [1.82, 2.24) is 4.90 Å². The number of Topliss-reactive ketones (excluding diaryl/α,β-unsaturated/α-hetero) is 1. The molecule has 1 heterocycles. The van der Waals surface area contributed by atoms with E-state index in [0.717, 1.165) is 11.3 Å². The number of primary amides is 1. The fraction of sp³-hybridized carbons (Fsp3) is 0.765. The minimum atomic E-state index is -0.837. The molecule has 24 heavy (non-hydrogen) atoms. The van der Waals surface area contributed by atoms with Crippen molar-refractivity contribution in [3.05, 3.63) is 0 Å². The van der Waals surface area contributed by atoms with Crippen LogP contribution in [0.3, 0.4) is 0 Å². The normalized spacial score (nSPS) is 30.5. The number of rotatable bonds is 5. The van der Waals surface area contributed by atoms with E-state index >= 15 is 0 Å². The van der Waals surface area contributed by atoms with Crippen molar-refractivity contribution < 1.29 is 24.3 Å². The molecule has 1 saturated carbocycles. The number of piperidine rings is 1. The van der Waals surface area contributed by atoms with Gasteiger partial charge in [0.2, 0.25) is 17.7 Å². The minimum Gasteiger partial charge on any atom is -0.392 e. The molecule has 7 heteroatoms. The van der Waals surface area contributed by atoms with E-state index in [1.54, 1.807) is 0 Å². The van der Waals surface area contributed by atoms with Crippen LogP contribution in [0, 0.1) is 23.7 Å². The molecule has 0 aromatic heterocycles. The van der Waals surface area contributed by atoms with Crippen molar-refractivity contribution in [2.75, 3.05) is 6.54 Å². The summed E-state index contributed by atoms with van der Waals surface area (Å²) in [7, 11) is 0. The van der Waals surface area contributed by atoms with Crippen LogP contribution < -0.4 is 5.73 Å². The molecule has 1 aliphatic heterocycles. The summed E-state index contributed by atoms with van der Waals surface area (Å²) in [5.41, 5.74) is 5.04. The Balaban J connectivity index is 1.96. The van der Waals surface area contributed by atoms with Gasteiger partial charge in [-0.3, -0.25) is 24.1 Å². The number of ketones is 1. The van der Waals surface area contributed by atoms with Crippen LogP contribution in [0.2, 0.25) is 0 Å². The number of imide groups is 1. The summed E-state index contributed by atoms with van der Waals surface area (Å²) in [5.74, 6) is -1.96. The Bertz CT molecular complexity index is 529. The second kappa shape index (κ2) is 7.42. The van der Waals surface area contributed by atoms with Gasteiger partial charge in [0.25, 0.3) is 0 Å². The molecular weight excluding hydrogens is 312 g/mol. The van der Waals surface area contributed by atoms with Crippen molar-refractivity contribution in [2.24, 2.45) is 29.4 Å². The van der Waals surface area contributed by atoms with Crippen molar-refractivity contribution in [3.8, 4) is 0 Å². The number of nitrogens with zero attached hydrogens (tertiary/aromatic N) is 1. The highest BCUT2D eigenvalue weighted by Gasteiger charge is 2.39. The van der Waals surface area contributed by atoms with Crippen LogP contribution in [0.5, 0.6) is 0 Å². The highest BCUT2D eigenvalue weighted by Crippen LogP contribution is 2.35. The number of aliphatic hydroxyl groups excluding tert-OH is 1. The highest BCUT2D eigenvalue weighted by atomic mass is 16.3. The summed E-state index contributed by atoms with van der Waals surface area (Å²) < 4.78 is 0. The molecule has 1 saturated heterocycles. The third-order valence-electron chi connectivity index (χ3n) is 5.15. The lowest BCUT2D eigenvalue weighted by Gasteiger charge is -2.35. The molecule has 134 valence electrons. The van der Waals surface area contributed by atoms with Gasteiger partial charge in [0.15, 0.2) is 0 Å². The van der Waals surface area contributed by atoms with Crippen molar-refractivity contribution >= 4 is 23.5 Å². The van der Waals surface area contributed by atoms with E-state index in [1.807, 2.05) is 6.92 Å². The van der Waals surface area contributed by atoms with Crippen molar-refractivity contribution in [2.45, 2.75) is 52.1 Å². The van der Waals surface area contributed by atoms with Crippen LogP contribution in [0.1, 0.15) is 46.0 Å². The topological polar surface area (TPSA) is 118 Å². The van der Waals surface area contributed by atoms with Gasteiger partial charge in [-0.15, -0.1) is 0 Å². The predicted octanol–water partition coefficient (Wildman–Crippen LogP) is 0.239. The number of hydrogen-bond acceptors (Lipinski definition) is 5. The molecule has 0 aromatic rings. The molecule has 2 fully saturated rings. The van der Waals surface area contributed by atoms with E-state index in [9.17, 15) is 24.3 Å². The van der Waals surface area contributed by atoms with E-state index in [4.69, 9.17) is 5.73 Å². The van der Waals surface area contributed by atoms with Gasteiger partial charge in [-0.1, -0.05) is 13.8 Å². The zero-order chi connectivity index (χ0) is 18.0. The molecule has 0 spiro atoms. The molecule has 0 aromatic carbocycles. The predicted molar refractivity (Wildman–Crippen MR) is 85.3 cm³/mol. The van der Waals surface area contributed by atoms with Crippen LogP contribution in [0.25, 0.3) is 0 Å². The van der Waals surface area contributed by atoms with E-state index < -0.39 is 36.3 Å². The number of hydrogen-bond donors (Lipinski definition) is 2. The van der Waals surface area contributed by atoms with Gasteiger partial charge in [-0.05, 0) is 31.1 Å². The maximum Gasteiger partial charge on any atom is 0.237 e. The Morgan fingerprint density at radius 2 is 1.79 bits per heavy atom. The average Bonchev–Trinajstić information content (AvgIpc) is 2.46. The summed E-state index contributed by atoms with van der Waals surface area (Å²) in [6, 6.07) is 0. The Hall–Kier alpha value is -1.76. The van der Waals surface area contributed by atoms with Gasteiger partial charge in [-0.2, -0.15) is 0 Å². The van der Waals surface area contributed by atoms with Crippen LogP contribution in [-0.2, 0) is 19.2 Å². The lowest BCUT2D eigenvalue weighted by Crippen LogP contribution is -2.48. The zero-order valence-corrected chi connectivity index (χ0v) is 14.2. The second-order valence-electron chi connectivity index (χ2n) is 7.40. The van der Waals surface area contributed by atoms with Gasteiger partial charge >= 0.3 is 0 Å². The first-order valence-electron chi connectivity index (χ1n) is 8.52. The number of nitrogens with two attached hydrogens (primary N) is 1. The van der Waals surface area contributed by atoms with Gasteiger partial charge in [0, 0.05) is 24.7 Å². The molecule has 3 amide bonds. The summed E-state index contributed by atoms with van der Waals surface area (Å²) in [5, 5.41) is 10.5. The maximum absolute atomic E-state index is 12.3. The highest BCUT2D eigenvalue weighted by molar-refractivity contribution is 6.00. The van der Waals surface area contributed by atoms with Gasteiger partial charge in [0.05, 0.1) is 6.10 Å². The van der Waals surface area contributed by atoms with Gasteiger partial charge in [0.1, 0.15) is 12.3 Å². The summed E-state index contributed by atoms with van der Waals surface area (Å²) >= 11 is 0. The molecule has 0 bridgehead atoms. The Labute approximate surface area is 141 Å². The maximum atomic E-state index is 12.3. The lowest BCUT2D eigenvalue weighted by atomic mass is 9.71. The summed E-state index contributed by atoms with van der Waals surface area (Å²) in [4.78, 5) is 48.2. The van der Waals surface area contributed by atoms with Crippen LogP contribution in [0.15, 0.2) is 0 Å². The molecule has 0 radical (unpaired) electrons. The third-order valence-corrected chi connectivity index (χ3v) is 5.15. The van der Waals surface area contributed by atoms with Crippen molar-refractivity contribution in [3.63, 3.8) is 0 Å². The quantitative estimate of drug-likeness (QED) is 0.696. The molecule has 1 aliphatic carbocycles. The summed E-state index contributed by atoms with van der Waals surface area (Å²) in [6.07, 6.45) is 1.06. The molecule has 0 unspecified atom stereocenters. The van der Waals surface area contributed by atoms with Crippen LogP contribution in [-0.4, -0.2) is 46.2 Å². The van der Waals surface area contributed by atoms with E-state index in [2.05, 4.69) is 6.92 Å². The monoisotopic (exact) mass is 338 g/mol. The molecule has 2 aliphatic rings. The first kappa shape index (κ1) is 18.6. The molecule has 4 atom stereocenters. The number of amides is 3. The minimum absolute atomic E-state index is 0.0610. The van der Waals surface area contributed by atoms with Crippen molar-refractivity contribution in [1.29, 1.82) is 0 Å². The Morgan fingerprint density at radius 3 is 2.33 bits per heavy atom. The standard InChI is InChI=1S/C17H26N2O5/c1-9-3-10(2)17(24)12(4-9)13(20)5-11-6-15(22)19(8-14(18)21)16(23)7-11/h9-13,20H,3-8H2,1-2H3,(H2,18,21)/t9-,10-,12-,13+/m0/s1. The van der Waals surface area contributed by atoms with E-state index in [1.165, 1.54) is 0 Å². The number of carbonyl (C=O) groups excluding carboxylic acids is 4. The molecule has 7 nitrogen and oxygen atoms in total. The van der Waals surface area contributed by atoms with Crippen LogP contribution >= 0.6 is 0 Å². The Kier molecular flexibility index (Phi) is 5.74. The van der Waals surface area contributed by atoms with Gasteiger partial charge in [-0.25, -0.2) is 0 Å². The second-order valence-corrected chi connectivity index (χ2v) is 7.40. The number of carbonyl (C=O) groups is 4. The molecular formula is C17H26N2O5. The fourth-order valence-corrected chi connectivity index (χ4v) is 4.01. The first-order valence-corrected chi connectivity index (χ1v) is 8.52. The van der Waals surface area contributed by atoms with E-state index in [0.29, 0.717) is 12.3 Å². The third kappa shape index (κ3) is 4.20. The summed E-state index contributed by atoms with van der Waals surface area (Å²) in [6.45, 7) is 3.55. The van der Waals surface area contributed by atoms with E-state index in [-0.39, 0.29) is 36.9 Å². The number of likely N-dealkylation sites (tertiary alicyclic amines) is 1. The fourth-order valence-electron chi connectivity index (χ4n) is 4.01. The first-order chi connectivity index (χ1) is 11.2. The largest absolute Gasteiger partial charge is 0.392 e. The molecule has 2 rings (SSSR count).